The van der Waals surface area contributed by atoms with Crippen LogP contribution in [0.25, 0.3) is 0 Å². The zero-order valence-electron chi connectivity index (χ0n) is 12.7. The zero-order chi connectivity index (χ0) is 14.7. The molecule has 3 unspecified atom stereocenters. The number of hydrogen-bond acceptors (Lipinski definition) is 2. The molecule has 1 aromatic rings. The first-order chi connectivity index (χ1) is 9.47. The first kappa shape index (κ1) is 15.8. The molecule has 2 rings (SSSR count). The molecular weight excluding hydrogens is 314 g/mol. The summed E-state index contributed by atoms with van der Waals surface area (Å²) >= 11 is 3.44. The number of rotatable bonds is 4. The quantitative estimate of drug-likeness (QED) is 0.782. The van der Waals surface area contributed by atoms with Crippen molar-refractivity contribution in [2.24, 2.45) is 17.8 Å². The molecule has 20 heavy (non-hydrogen) atoms. The van der Waals surface area contributed by atoms with Crippen LogP contribution < -0.4 is 5.73 Å². The molecule has 3 atom stereocenters. The minimum atomic E-state index is 0.377. The summed E-state index contributed by atoms with van der Waals surface area (Å²) in [7, 11) is 0. The van der Waals surface area contributed by atoms with Crippen LogP contribution in [-0.4, -0.2) is 6.10 Å². The van der Waals surface area contributed by atoms with E-state index in [2.05, 4.69) is 42.8 Å². The highest BCUT2D eigenvalue weighted by molar-refractivity contribution is 9.10. The highest BCUT2D eigenvalue weighted by atomic mass is 79.9. The molecule has 0 saturated heterocycles. The van der Waals surface area contributed by atoms with E-state index in [1.54, 1.807) is 0 Å². The van der Waals surface area contributed by atoms with Gasteiger partial charge in [-0.15, -0.1) is 0 Å². The molecule has 0 radical (unpaired) electrons. The summed E-state index contributed by atoms with van der Waals surface area (Å²) in [6.45, 7) is 7.58. The molecule has 0 aromatic heterocycles. The molecule has 1 aromatic carbocycles. The fourth-order valence-electron chi connectivity index (χ4n) is 3.20. The molecule has 1 aliphatic rings. The lowest BCUT2D eigenvalue weighted by molar-refractivity contribution is -0.0470. The van der Waals surface area contributed by atoms with E-state index in [1.807, 2.05) is 12.1 Å². The van der Waals surface area contributed by atoms with Crippen LogP contribution in [-0.2, 0) is 11.3 Å². The molecule has 3 heteroatoms. The van der Waals surface area contributed by atoms with Crippen molar-refractivity contribution in [3.05, 3.63) is 28.2 Å². The van der Waals surface area contributed by atoms with Crippen LogP contribution in [0.5, 0.6) is 0 Å². The van der Waals surface area contributed by atoms with Crippen molar-refractivity contribution in [1.29, 1.82) is 0 Å². The van der Waals surface area contributed by atoms with E-state index in [0.717, 1.165) is 21.6 Å². The highest BCUT2D eigenvalue weighted by Crippen LogP contribution is 2.36. The molecule has 1 saturated carbocycles. The van der Waals surface area contributed by atoms with Gasteiger partial charge in [0.1, 0.15) is 0 Å². The maximum absolute atomic E-state index is 6.24. The average Bonchev–Trinajstić information content (AvgIpc) is 2.37. The summed E-state index contributed by atoms with van der Waals surface area (Å²) in [6.07, 6.45) is 4.18. The lowest BCUT2D eigenvalue weighted by Gasteiger charge is -2.37. The molecule has 0 spiro atoms. The largest absolute Gasteiger partial charge is 0.398 e. The number of nitrogen functional groups attached to an aromatic ring is 1. The second-order valence-electron chi connectivity index (χ2n) is 6.52. The first-order valence-electron chi connectivity index (χ1n) is 7.63. The molecule has 0 bridgehead atoms. The summed E-state index contributed by atoms with van der Waals surface area (Å²) in [5, 5.41) is 0. The van der Waals surface area contributed by atoms with Crippen LogP contribution in [0.4, 0.5) is 5.69 Å². The third kappa shape index (κ3) is 3.98. The minimum Gasteiger partial charge on any atom is -0.398 e. The lowest BCUT2D eigenvalue weighted by Crippen LogP contribution is -2.34. The van der Waals surface area contributed by atoms with E-state index in [9.17, 15) is 0 Å². The minimum absolute atomic E-state index is 0.377. The summed E-state index contributed by atoms with van der Waals surface area (Å²) in [5.41, 5.74) is 7.95. The van der Waals surface area contributed by atoms with E-state index >= 15 is 0 Å². The van der Waals surface area contributed by atoms with Crippen molar-refractivity contribution in [2.75, 3.05) is 5.73 Å². The van der Waals surface area contributed by atoms with E-state index in [-0.39, 0.29) is 0 Å². The summed E-state index contributed by atoms with van der Waals surface area (Å²) in [6, 6.07) is 6.02. The van der Waals surface area contributed by atoms with Gasteiger partial charge in [-0.2, -0.15) is 0 Å². The van der Waals surface area contributed by atoms with Gasteiger partial charge < -0.3 is 10.5 Å². The summed E-state index contributed by atoms with van der Waals surface area (Å²) in [4.78, 5) is 0. The van der Waals surface area contributed by atoms with Crippen LogP contribution in [0.3, 0.4) is 0 Å². The molecule has 0 heterocycles. The molecule has 1 fully saturated rings. The van der Waals surface area contributed by atoms with Gasteiger partial charge in [-0.1, -0.05) is 49.2 Å². The third-order valence-electron chi connectivity index (χ3n) is 4.52. The standard InChI is InChI=1S/C17H26BrNO/c1-11(2)15-7-4-12(3)8-17(15)20-10-13-5-6-14(18)9-16(13)19/h5-6,9,11-12,15,17H,4,7-8,10,19H2,1-3H3. The Bertz CT molecular complexity index is 447. The molecule has 2 N–H and O–H groups in total. The van der Waals surface area contributed by atoms with Crippen LogP contribution in [0.2, 0.25) is 0 Å². The Hall–Kier alpha value is -0.540. The number of halogens is 1. The molecule has 0 amide bonds. The molecule has 112 valence electrons. The van der Waals surface area contributed by atoms with Crippen LogP contribution in [0, 0.1) is 17.8 Å². The third-order valence-corrected chi connectivity index (χ3v) is 5.02. The van der Waals surface area contributed by atoms with Crippen molar-refractivity contribution in [2.45, 2.75) is 52.7 Å². The molecule has 0 aliphatic heterocycles. The monoisotopic (exact) mass is 339 g/mol. The van der Waals surface area contributed by atoms with Crippen molar-refractivity contribution in [1.82, 2.24) is 0 Å². The number of benzene rings is 1. The topological polar surface area (TPSA) is 35.2 Å². The van der Waals surface area contributed by atoms with E-state index in [1.165, 1.54) is 19.3 Å². The Kier molecular flexibility index (Phi) is 5.50. The summed E-state index contributed by atoms with van der Waals surface area (Å²) in [5.74, 6) is 2.15. The van der Waals surface area contributed by atoms with Gasteiger partial charge in [-0.05, 0) is 42.7 Å². The Morgan fingerprint density at radius 2 is 2.10 bits per heavy atom. The van der Waals surface area contributed by atoms with Crippen molar-refractivity contribution in [3.8, 4) is 0 Å². The van der Waals surface area contributed by atoms with Gasteiger partial charge in [0, 0.05) is 15.7 Å². The summed E-state index contributed by atoms with van der Waals surface area (Å²) < 4.78 is 7.26. The van der Waals surface area contributed by atoms with Crippen molar-refractivity contribution < 1.29 is 4.74 Å². The maximum Gasteiger partial charge on any atom is 0.0740 e. The van der Waals surface area contributed by atoms with Crippen LogP contribution in [0.15, 0.2) is 22.7 Å². The number of ether oxygens (including phenoxy) is 1. The van der Waals surface area contributed by atoms with Crippen LogP contribution >= 0.6 is 15.9 Å². The normalized spacial score (nSPS) is 26.9. The van der Waals surface area contributed by atoms with Gasteiger partial charge in [0.2, 0.25) is 0 Å². The Balaban J connectivity index is 2.00. The number of nitrogens with two attached hydrogens (primary N) is 1. The van der Waals surface area contributed by atoms with Gasteiger partial charge in [-0.25, -0.2) is 0 Å². The second kappa shape index (κ2) is 6.95. The molecule has 1 aliphatic carbocycles. The van der Waals surface area contributed by atoms with Gasteiger partial charge in [0.15, 0.2) is 0 Å². The Labute approximate surface area is 131 Å². The molecule has 2 nitrogen and oxygen atoms in total. The molecular formula is C17H26BrNO. The smallest absolute Gasteiger partial charge is 0.0740 e. The van der Waals surface area contributed by atoms with Gasteiger partial charge >= 0.3 is 0 Å². The van der Waals surface area contributed by atoms with E-state index in [4.69, 9.17) is 10.5 Å². The maximum atomic E-state index is 6.24. The highest BCUT2D eigenvalue weighted by Gasteiger charge is 2.31. The SMILES string of the molecule is CC1CCC(C(C)C)C(OCc2ccc(Br)cc2N)C1. The van der Waals surface area contributed by atoms with Gasteiger partial charge in [0.05, 0.1) is 12.7 Å². The predicted molar refractivity (Wildman–Crippen MR) is 88.5 cm³/mol. The van der Waals surface area contributed by atoms with Gasteiger partial charge in [-0.3, -0.25) is 0 Å². The average molecular weight is 340 g/mol. The Morgan fingerprint density at radius 3 is 2.75 bits per heavy atom. The van der Waals surface area contributed by atoms with E-state index in [0.29, 0.717) is 24.5 Å². The number of anilines is 1. The first-order valence-corrected chi connectivity index (χ1v) is 8.42. The zero-order valence-corrected chi connectivity index (χ0v) is 14.3. The van der Waals surface area contributed by atoms with Crippen LogP contribution in [0.1, 0.15) is 45.6 Å². The lowest BCUT2D eigenvalue weighted by atomic mass is 9.75. The fourth-order valence-corrected chi connectivity index (χ4v) is 3.58. The second-order valence-corrected chi connectivity index (χ2v) is 7.43. The van der Waals surface area contributed by atoms with Gasteiger partial charge in [0.25, 0.3) is 0 Å². The predicted octanol–water partition coefficient (Wildman–Crippen LogP) is 5.01. The van der Waals surface area contributed by atoms with Crippen molar-refractivity contribution in [3.63, 3.8) is 0 Å². The Morgan fingerprint density at radius 1 is 1.35 bits per heavy atom. The van der Waals surface area contributed by atoms with Crippen molar-refractivity contribution >= 4 is 21.6 Å². The van der Waals surface area contributed by atoms with E-state index < -0.39 is 0 Å². The fraction of sp³-hybridized carbons (Fsp3) is 0.647. The number of hydrogen-bond donors (Lipinski definition) is 1.